The maximum atomic E-state index is 8.34. The molecule has 0 heterocycles. The normalized spacial score (nSPS) is 10.9. The van der Waals surface area contributed by atoms with Gasteiger partial charge >= 0.3 is 27.9 Å². The van der Waals surface area contributed by atoms with Crippen molar-refractivity contribution in [3.05, 3.63) is 0 Å². The van der Waals surface area contributed by atoms with Crippen LogP contribution in [0.4, 0.5) is 0 Å². The van der Waals surface area contributed by atoms with E-state index in [0.717, 1.165) is 19.3 Å². The van der Waals surface area contributed by atoms with Crippen molar-refractivity contribution in [2.75, 3.05) is 6.61 Å². The minimum absolute atomic E-state index is 0. The Labute approximate surface area is 79.9 Å². The predicted octanol–water partition coefficient (Wildman–Crippen LogP) is -1.04. The molecule has 0 saturated heterocycles. The molecule has 0 saturated carbocycles. The van der Waals surface area contributed by atoms with Crippen molar-refractivity contribution in [1.29, 1.82) is 0 Å². The van der Waals surface area contributed by atoms with E-state index < -0.39 is 9.05 Å². The maximum absolute atomic E-state index is 8.34. The van der Waals surface area contributed by atoms with Crippen molar-refractivity contribution in [3.8, 4) is 0 Å². The summed E-state index contributed by atoms with van der Waals surface area (Å²) in [5.74, 6) is 0. The molecular formula is C5H15LiO4Si. The van der Waals surface area contributed by atoms with Crippen LogP contribution in [0.5, 0.6) is 0 Å². The Kier molecular flexibility index (Phi) is 9.43. The Morgan fingerprint density at radius 1 is 1.18 bits per heavy atom. The molecule has 0 aromatic heterocycles. The average molecular weight is 174 g/mol. The SMILES string of the molecule is CCCCCO[Si](O)(O)O.[LiH]. The molecule has 0 aliphatic carbocycles. The molecular weight excluding hydrogens is 159 g/mol. The van der Waals surface area contributed by atoms with Gasteiger partial charge in [0.1, 0.15) is 0 Å². The predicted molar refractivity (Wildman–Crippen MR) is 45.0 cm³/mol. The van der Waals surface area contributed by atoms with Gasteiger partial charge < -0.3 is 18.8 Å². The Morgan fingerprint density at radius 2 is 1.73 bits per heavy atom. The number of hydrogen-bond donors (Lipinski definition) is 3. The minimum atomic E-state index is -4.21. The molecule has 0 aromatic carbocycles. The topological polar surface area (TPSA) is 69.9 Å². The van der Waals surface area contributed by atoms with E-state index in [-0.39, 0.29) is 25.5 Å². The molecule has 0 radical (unpaired) electrons. The zero-order valence-corrected chi connectivity index (χ0v) is 7.08. The fourth-order valence-corrected chi connectivity index (χ4v) is 0.979. The van der Waals surface area contributed by atoms with Crippen LogP contribution < -0.4 is 0 Å². The van der Waals surface area contributed by atoms with Gasteiger partial charge in [-0.15, -0.1) is 0 Å². The summed E-state index contributed by atoms with van der Waals surface area (Å²) >= 11 is 0. The second kappa shape index (κ2) is 7.31. The van der Waals surface area contributed by atoms with Crippen molar-refractivity contribution in [2.24, 2.45) is 0 Å². The molecule has 0 unspecified atom stereocenters. The average Bonchev–Trinajstić information content (AvgIpc) is 1.78. The molecule has 0 aromatic rings. The molecule has 3 N–H and O–H groups in total. The van der Waals surface area contributed by atoms with Crippen LogP contribution in [-0.2, 0) is 4.43 Å². The summed E-state index contributed by atoms with van der Waals surface area (Å²) in [5.41, 5.74) is 0. The van der Waals surface area contributed by atoms with E-state index in [9.17, 15) is 0 Å². The van der Waals surface area contributed by atoms with Crippen LogP contribution in [0.2, 0.25) is 0 Å². The molecule has 0 aliphatic heterocycles. The Balaban J connectivity index is 0. The van der Waals surface area contributed by atoms with Gasteiger partial charge in [0.25, 0.3) is 0 Å². The number of unbranched alkanes of at least 4 members (excludes halogenated alkanes) is 2. The zero-order chi connectivity index (χ0) is 8.04. The molecule has 0 rings (SSSR count). The van der Waals surface area contributed by atoms with E-state index in [4.69, 9.17) is 14.4 Å². The number of rotatable bonds is 5. The summed E-state index contributed by atoms with van der Waals surface area (Å²) in [7, 11) is -4.21. The van der Waals surface area contributed by atoms with Crippen molar-refractivity contribution < 1.29 is 18.8 Å². The van der Waals surface area contributed by atoms with Crippen LogP contribution in [0.15, 0.2) is 0 Å². The molecule has 0 fully saturated rings. The first-order valence-corrected chi connectivity index (χ1v) is 5.12. The standard InChI is InChI=1S/C5H14O4Si.Li.H/c1-2-3-4-5-9-10(6,7)8;;/h6-8H,2-5H2,1H3;;. The first-order valence-electron chi connectivity index (χ1n) is 3.37. The molecule has 0 aliphatic rings. The summed E-state index contributed by atoms with van der Waals surface area (Å²) in [4.78, 5) is 25.0. The van der Waals surface area contributed by atoms with Gasteiger partial charge in [0, 0.05) is 6.61 Å². The molecule has 6 heteroatoms. The second-order valence-electron chi connectivity index (χ2n) is 2.13. The van der Waals surface area contributed by atoms with Gasteiger partial charge in [-0.05, 0) is 6.42 Å². The fraction of sp³-hybridized carbons (Fsp3) is 1.00. The van der Waals surface area contributed by atoms with Crippen LogP contribution in [0.1, 0.15) is 26.2 Å². The van der Waals surface area contributed by atoms with E-state index >= 15 is 0 Å². The Hall–Kier alpha value is 0.654. The summed E-state index contributed by atoms with van der Waals surface area (Å²) in [6, 6.07) is 0. The van der Waals surface area contributed by atoms with Gasteiger partial charge in [-0.25, -0.2) is 0 Å². The van der Waals surface area contributed by atoms with Gasteiger partial charge in [-0.2, -0.15) is 0 Å². The van der Waals surface area contributed by atoms with Crippen molar-refractivity contribution in [2.45, 2.75) is 26.2 Å². The molecule has 11 heavy (non-hydrogen) atoms. The molecule has 0 bridgehead atoms. The fourth-order valence-electron chi connectivity index (χ4n) is 0.561. The first kappa shape index (κ1) is 14.2. The molecule has 0 atom stereocenters. The van der Waals surface area contributed by atoms with E-state index in [0.29, 0.717) is 0 Å². The van der Waals surface area contributed by atoms with Crippen molar-refractivity contribution >= 4 is 27.9 Å². The van der Waals surface area contributed by atoms with E-state index in [1.54, 1.807) is 0 Å². The van der Waals surface area contributed by atoms with Crippen LogP contribution in [-0.4, -0.2) is 48.9 Å². The van der Waals surface area contributed by atoms with E-state index in [1.165, 1.54) is 0 Å². The molecule has 0 spiro atoms. The monoisotopic (exact) mass is 174 g/mol. The molecule has 4 nitrogen and oxygen atoms in total. The summed E-state index contributed by atoms with van der Waals surface area (Å²) in [6.45, 7) is 2.26. The first-order chi connectivity index (χ1) is 4.56. The Bertz CT molecular complexity index is 85.0. The molecule has 0 amide bonds. The summed E-state index contributed by atoms with van der Waals surface area (Å²) in [5, 5.41) is 0. The van der Waals surface area contributed by atoms with Gasteiger partial charge in [0.15, 0.2) is 0 Å². The van der Waals surface area contributed by atoms with Gasteiger partial charge in [0.2, 0.25) is 0 Å². The quantitative estimate of drug-likeness (QED) is 0.368. The van der Waals surface area contributed by atoms with Crippen molar-refractivity contribution in [1.82, 2.24) is 0 Å². The summed E-state index contributed by atoms with van der Waals surface area (Å²) < 4.78 is 4.34. The third-order valence-corrected chi connectivity index (χ3v) is 1.64. The van der Waals surface area contributed by atoms with Gasteiger partial charge in [0.05, 0.1) is 0 Å². The van der Waals surface area contributed by atoms with Gasteiger partial charge in [-0.1, -0.05) is 19.8 Å². The molecule has 64 valence electrons. The summed E-state index contributed by atoms with van der Waals surface area (Å²) in [6.07, 6.45) is 2.78. The van der Waals surface area contributed by atoms with E-state index in [1.807, 2.05) is 6.92 Å². The van der Waals surface area contributed by atoms with Crippen LogP contribution >= 0.6 is 0 Å². The van der Waals surface area contributed by atoms with Crippen molar-refractivity contribution in [3.63, 3.8) is 0 Å². The third kappa shape index (κ3) is 13.6. The second-order valence-corrected chi connectivity index (χ2v) is 3.57. The zero-order valence-electron chi connectivity index (χ0n) is 6.08. The third-order valence-electron chi connectivity index (χ3n) is 1.04. The van der Waals surface area contributed by atoms with Crippen LogP contribution in [0.25, 0.3) is 0 Å². The van der Waals surface area contributed by atoms with Crippen LogP contribution in [0, 0.1) is 0 Å². The van der Waals surface area contributed by atoms with Gasteiger partial charge in [-0.3, -0.25) is 0 Å². The van der Waals surface area contributed by atoms with Crippen LogP contribution in [0.3, 0.4) is 0 Å². The van der Waals surface area contributed by atoms with E-state index in [2.05, 4.69) is 4.43 Å². The number of hydrogen-bond acceptors (Lipinski definition) is 4. The Morgan fingerprint density at radius 3 is 2.09 bits per heavy atom.